The number of thiophene rings is 1. The van der Waals surface area contributed by atoms with E-state index in [1.54, 1.807) is 4.88 Å². The topological polar surface area (TPSA) is 24.4 Å². The monoisotopic (exact) mass is 342 g/mol. The Morgan fingerprint density at radius 3 is 2.80 bits per heavy atom. The maximum atomic E-state index is 4.85. The van der Waals surface area contributed by atoms with Crippen molar-refractivity contribution < 1.29 is 0 Å². The molecular weight excluding hydrogens is 324 g/mol. The van der Waals surface area contributed by atoms with Crippen molar-refractivity contribution in [3.63, 3.8) is 0 Å². The van der Waals surface area contributed by atoms with Gasteiger partial charge >= 0.3 is 0 Å². The van der Waals surface area contributed by atoms with Crippen LogP contribution in [-0.4, -0.2) is 11.8 Å². The van der Waals surface area contributed by atoms with Crippen molar-refractivity contribution in [3.8, 4) is 0 Å². The number of benzene rings is 2. The van der Waals surface area contributed by atoms with E-state index in [2.05, 4.69) is 66.0 Å². The Balaban J connectivity index is 1.44. The van der Waals surface area contributed by atoms with Gasteiger partial charge in [-0.15, -0.1) is 11.3 Å². The van der Waals surface area contributed by atoms with E-state index in [1.165, 1.54) is 21.4 Å². The molecule has 3 atom stereocenters. The number of hydrogen-bond donors (Lipinski definition) is 1. The van der Waals surface area contributed by atoms with Gasteiger partial charge < -0.3 is 5.32 Å². The third-order valence-electron chi connectivity index (χ3n) is 6.02. The number of nitrogens with one attached hydrogen (secondary N) is 1. The first-order valence-electron chi connectivity index (χ1n) is 8.92. The Morgan fingerprint density at radius 2 is 1.88 bits per heavy atom. The molecule has 1 N–H and O–H groups in total. The van der Waals surface area contributed by atoms with Crippen molar-refractivity contribution in [2.75, 3.05) is 0 Å². The van der Waals surface area contributed by atoms with Gasteiger partial charge in [0.15, 0.2) is 0 Å². The van der Waals surface area contributed by atoms with Gasteiger partial charge in [-0.2, -0.15) is 0 Å². The predicted molar refractivity (Wildman–Crippen MR) is 105 cm³/mol. The zero-order valence-corrected chi connectivity index (χ0v) is 14.6. The van der Waals surface area contributed by atoms with Crippen molar-refractivity contribution in [2.24, 2.45) is 10.9 Å². The molecule has 122 valence electrons. The molecule has 1 fully saturated rings. The quantitative estimate of drug-likeness (QED) is 0.663. The van der Waals surface area contributed by atoms with Crippen LogP contribution in [0.25, 0.3) is 10.1 Å². The highest BCUT2D eigenvalue weighted by molar-refractivity contribution is 7.19. The molecule has 3 heteroatoms. The first-order valence-corrected chi connectivity index (χ1v) is 9.74. The summed E-state index contributed by atoms with van der Waals surface area (Å²) in [4.78, 5) is 6.45. The minimum Gasteiger partial charge on any atom is -0.308 e. The fraction of sp³-hybridized carbons (Fsp3) is 0.227. The van der Waals surface area contributed by atoms with E-state index in [0.717, 1.165) is 18.7 Å². The van der Waals surface area contributed by atoms with Crippen molar-refractivity contribution >= 4 is 32.8 Å². The van der Waals surface area contributed by atoms with Crippen LogP contribution in [0.2, 0.25) is 0 Å². The molecule has 1 unspecified atom stereocenters. The Morgan fingerprint density at radius 1 is 1.04 bits per heavy atom. The van der Waals surface area contributed by atoms with E-state index in [1.807, 2.05) is 17.4 Å². The Labute approximate surface area is 150 Å². The molecule has 0 amide bonds. The highest BCUT2D eigenvalue weighted by Crippen LogP contribution is 2.64. The average Bonchev–Trinajstić information content (AvgIpc) is 3.16. The number of fused-ring (bicyclic) bond motifs is 4. The van der Waals surface area contributed by atoms with Gasteiger partial charge in [0.1, 0.15) is 0 Å². The second-order valence-electron chi connectivity index (χ2n) is 7.28. The summed E-state index contributed by atoms with van der Waals surface area (Å²) in [6.45, 7) is 1.00. The summed E-state index contributed by atoms with van der Waals surface area (Å²) < 4.78 is 1.42. The van der Waals surface area contributed by atoms with Gasteiger partial charge in [0.05, 0.1) is 5.69 Å². The second-order valence-corrected chi connectivity index (χ2v) is 8.33. The third-order valence-corrected chi connectivity index (χ3v) is 7.40. The summed E-state index contributed by atoms with van der Waals surface area (Å²) >= 11 is 2.00. The molecule has 1 saturated carbocycles. The van der Waals surface area contributed by atoms with Gasteiger partial charge in [-0.1, -0.05) is 42.5 Å². The molecule has 2 heterocycles. The predicted octanol–water partition coefficient (Wildman–Crippen LogP) is 4.97. The van der Waals surface area contributed by atoms with Crippen LogP contribution in [0.5, 0.6) is 0 Å². The van der Waals surface area contributed by atoms with Crippen LogP contribution in [0.1, 0.15) is 16.9 Å². The molecule has 2 aliphatic carbocycles. The Kier molecular flexibility index (Phi) is 2.74. The number of nitrogens with zero attached hydrogens (tertiary/aromatic N) is 1. The Bertz CT molecular complexity index is 1050. The smallest absolute Gasteiger partial charge is 0.0632 e. The maximum absolute atomic E-state index is 4.85. The standard InChI is InChI=1S/C22H18N2S/c1-2-6-14(7-3-1)24-15-10-11-22-18(12-15)20(22)23-13-17-16-8-4-5-9-19(16)25-21(17)22/h1-11,18,20,23H,12-13H2/t18-,20?,22+/m1/s1. The van der Waals surface area contributed by atoms with E-state index in [4.69, 9.17) is 4.99 Å². The van der Waals surface area contributed by atoms with Gasteiger partial charge in [-0.25, -0.2) is 0 Å². The SMILES string of the molecule is C1=C[C@@]23c4sc5ccccc5c4CNC2[C@H]3CC1=Nc1ccccc1. The summed E-state index contributed by atoms with van der Waals surface area (Å²) in [5.74, 6) is 0.647. The summed E-state index contributed by atoms with van der Waals surface area (Å²) in [6.07, 6.45) is 5.77. The molecule has 0 bridgehead atoms. The summed E-state index contributed by atoms with van der Waals surface area (Å²) in [5.41, 5.74) is 4.00. The van der Waals surface area contributed by atoms with E-state index in [9.17, 15) is 0 Å². The third kappa shape index (κ3) is 1.85. The largest absolute Gasteiger partial charge is 0.308 e. The average molecular weight is 342 g/mol. The van der Waals surface area contributed by atoms with Gasteiger partial charge in [0, 0.05) is 33.3 Å². The van der Waals surface area contributed by atoms with Crippen molar-refractivity contribution in [1.29, 1.82) is 0 Å². The lowest BCUT2D eigenvalue weighted by Gasteiger charge is -2.22. The van der Waals surface area contributed by atoms with Crippen LogP contribution in [0, 0.1) is 5.92 Å². The second kappa shape index (κ2) is 4.90. The fourth-order valence-corrected chi connectivity index (χ4v) is 6.30. The van der Waals surface area contributed by atoms with Crippen LogP contribution in [0.3, 0.4) is 0 Å². The molecule has 2 aromatic carbocycles. The van der Waals surface area contributed by atoms with E-state index in [0.29, 0.717) is 12.0 Å². The van der Waals surface area contributed by atoms with Crippen molar-refractivity contribution in [3.05, 3.63) is 77.2 Å². The van der Waals surface area contributed by atoms with Crippen LogP contribution in [-0.2, 0) is 12.0 Å². The molecule has 3 aromatic rings. The molecule has 2 nitrogen and oxygen atoms in total. The highest BCUT2D eigenvalue weighted by Gasteiger charge is 2.67. The molecule has 25 heavy (non-hydrogen) atoms. The minimum atomic E-state index is 0.215. The van der Waals surface area contributed by atoms with Gasteiger partial charge in [-0.3, -0.25) is 4.99 Å². The number of hydrogen-bond acceptors (Lipinski definition) is 3. The molecule has 0 radical (unpaired) electrons. The molecular formula is C22H18N2S. The Hall–Kier alpha value is -2.23. The van der Waals surface area contributed by atoms with Gasteiger partial charge in [0.25, 0.3) is 0 Å². The van der Waals surface area contributed by atoms with Crippen LogP contribution >= 0.6 is 11.3 Å². The van der Waals surface area contributed by atoms with E-state index >= 15 is 0 Å². The van der Waals surface area contributed by atoms with Gasteiger partial charge in [-0.05, 0) is 47.6 Å². The minimum absolute atomic E-state index is 0.215. The zero-order chi connectivity index (χ0) is 16.4. The van der Waals surface area contributed by atoms with Gasteiger partial charge in [0.2, 0.25) is 0 Å². The number of para-hydroxylation sites is 1. The normalized spacial score (nSPS) is 30.8. The lowest BCUT2D eigenvalue weighted by Crippen LogP contribution is -2.29. The van der Waals surface area contributed by atoms with Crippen LogP contribution in [0.4, 0.5) is 5.69 Å². The summed E-state index contributed by atoms with van der Waals surface area (Å²) in [6, 6.07) is 19.7. The highest BCUT2D eigenvalue weighted by atomic mass is 32.1. The molecule has 6 rings (SSSR count). The van der Waals surface area contributed by atoms with Crippen molar-refractivity contribution in [1.82, 2.24) is 5.32 Å². The zero-order valence-electron chi connectivity index (χ0n) is 13.8. The first kappa shape index (κ1) is 14.0. The van der Waals surface area contributed by atoms with E-state index < -0.39 is 0 Å². The lowest BCUT2D eigenvalue weighted by molar-refractivity contribution is 0.605. The number of allylic oxidation sites excluding steroid dienone is 1. The fourth-order valence-electron chi connectivity index (χ4n) is 4.81. The van der Waals surface area contributed by atoms with Crippen LogP contribution in [0.15, 0.2) is 71.7 Å². The molecule has 3 aliphatic rings. The van der Waals surface area contributed by atoms with E-state index in [-0.39, 0.29) is 5.41 Å². The summed E-state index contributed by atoms with van der Waals surface area (Å²) in [5, 5.41) is 5.24. The van der Waals surface area contributed by atoms with Crippen LogP contribution < -0.4 is 5.32 Å². The maximum Gasteiger partial charge on any atom is 0.0632 e. The van der Waals surface area contributed by atoms with Crippen molar-refractivity contribution in [2.45, 2.75) is 24.4 Å². The number of aliphatic imine (C=N–C) groups is 1. The molecule has 1 aromatic heterocycles. The molecule has 0 saturated heterocycles. The lowest BCUT2D eigenvalue weighted by atomic mass is 9.88. The first-order chi connectivity index (χ1) is 12.4. The molecule has 1 spiro atoms. The number of rotatable bonds is 1. The molecule has 1 aliphatic heterocycles. The summed E-state index contributed by atoms with van der Waals surface area (Å²) in [7, 11) is 0.